The van der Waals surface area contributed by atoms with E-state index in [-0.39, 0.29) is 35.9 Å². The van der Waals surface area contributed by atoms with E-state index in [0.29, 0.717) is 6.54 Å². The molecule has 1 rings (SSSR count). The van der Waals surface area contributed by atoms with E-state index in [1.54, 1.807) is 11.8 Å². The highest BCUT2D eigenvalue weighted by Gasteiger charge is 2.26. The Bertz CT molecular complexity index is 370. The molecule has 2 N–H and O–H groups in total. The average Bonchev–Trinajstić information content (AvgIpc) is 2.26. The topological polar surface area (TPSA) is 75.3 Å². The zero-order chi connectivity index (χ0) is 13.6. The van der Waals surface area contributed by atoms with Crippen molar-refractivity contribution < 1.29 is 13.2 Å². The van der Waals surface area contributed by atoms with E-state index in [9.17, 15) is 13.2 Å². The highest BCUT2D eigenvalue weighted by atomic mass is 32.2. The molecule has 0 saturated carbocycles. The summed E-state index contributed by atoms with van der Waals surface area (Å²) in [6.07, 6.45) is 3.14. The molecule has 0 bridgehead atoms. The SMILES string of the molecule is CCC(CSC)NC(=O)CC1CS(=O)(=O)CCN1. The van der Waals surface area contributed by atoms with Crippen LogP contribution in [0.5, 0.6) is 0 Å². The molecule has 18 heavy (non-hydrogen) atoms. The molecule has 1 fully saturated rings. The average molecular weight is 294 g/mol. The standard InChI is InChI=1S/C11H22N2O3S2/c1-3-9(7-17-2)13-11(14)6-10-8-18(15,16)5-4-12-10/h9-10,12H,3-8H2,1-2H3,(H,13,14). The summed E-state index contributed by atoms with van der Waals surface area (Å²) < 4.78 is 22.9. The zero-order valence-electron chi connectivity index (χ0n) is 10.9. The van der Waals surface area contributed by atoms with E-state index < -0.39 is 9.84 Å². The van der Waals surface area contributed by atoms with Crippen LogP contribution in [0.25, 0.3) is 0 Å². The number of hydrogen-bond acceptors (Lipinski definition) is 5. The lowest BCUT2D eigenvalue weighted by Crippen LogP contribution is -2.48. The Morgan fingerprint density at radius 3 is 2.83 bits per heavy atom. The zero-order valence-corrected chi connectivity index (χ0v) is 12.6. The van der Waals surface area contributed by atoms with Gasteiger partial charge in [0, 0.05) is 30.8 Å². The predicted octanol–water partition coefficient (Wildman–Crippen LogP) is 0.0209. The number of amides is 1. The van der Waals surface area contributed by atoms with Crippen molar-refractivity contribution in [3.63, 3.8) is 0 Å². The highest BCUT2D eigenvalue weighted by Crippen LogP contribution is 2.06. The maximum absolute atomic E-state index is 11.8. The van der Waals surface area contributed by atoms with Gasteiger partial charge in [-0.25, -0.2) is 8.42 Å². The van der Waals surface area contributed by atoms with E-state index >= 15 is 0 Å². The fraction of sp³-hybridized carbons (Fsp3) is 0.909. The lowest BCUT2D eigenvalue weighted by Gasteiger charge is -2.24. The van der Waals surface area contributed by atoms with Crippen molar-refractivity contribution in [3.05, 3.63) is 0 Å². The van der Waals surface area contributed by atoms with Gasteiger partial charge in [0.15, 0.2) is 9.84 Å². The van der Waals surface area contributed by atoms with Crippen molar-refractivity contribution in [1.82, 2.24) is 10.6 Å². The van der Waals surface area contributed by atoms with Gasteiger partial charge in [0.25, 0.3) is 0 Å². The summed E-state index contributed by atoms with van der Waals surface area (Å²) in [6.45, 7) is 2.48. The predicted molar refractivity (Wildman–Crippen MR) is 75.7 cm³/mol. The quantitative estimate of drug-likeness (QED) is 0.722. The molecule has 1 amide bonds. The summed E-state index contributed by atoms with van der Waals surface area (Å²) >= 11 is 1.70. The Morgan fingerprint density at radius 2 is 2.28 bits per heavy atom. The minimum atomic E-state index is -2.97. The largest absolute Gasteiger partial charge is 0.353 e. The van der Waals surface area contributed by atoms with Crippen LogP contribution < -0.4 is 10.6 Å². The highest BCUT2D eigenvalue weighted by molar-refractivity contribution is 7.98. The molecule has 7 heteroatoms. The number of thioether (sulfide) groups is 1. The molecule has 1 aliphatic rings. The molecule has 0 aromatic heterocycles. The lowest BCUT2D eigenvalue weighted by molar-refractivity contribution is -0.122. The van der Waals surface area contributed by atoms with Crippen molar-refractivity contribution in [3.8, 4) is 0 Å². The molecule has 1 aliphatic heterocycles. The van der Waals surface area contributed by atoms with Crippen molar-refractivity contribution in [2.45, 2.75) is 31.8 Å². The minimum absolute atomic E-state index is 0.0644. The molecule has 0 radical (unpaired) electrons. The first-order valence-electron chi connectivity index (χ1n) is 6.19. The van der Waals surface area contributed by atoms with Gasteiger partial charge in [0.1, 0.15) is 0 Å². The first-order chi connectivity index (χ1) is 8.46. The summed E-state index contributed by atoms with van der Waals surface area (Å²) in [5.41, 5.74) is 0. The molecular formula is C11H22N2O3S2. The van der Waals surface area contributed by atoms with E-state index in [4.69, 9.17) is 0 Å². The fourth-order valence-corrected chi connectivity index (χ4v) is 4.14. The van der Waals surface area contributed by atoms with Crippen LogP contribution in [0.2, 0.25) is 0 Å². The van der Waals surface area contributed by atoms with E-state index in [1.807, 2.05) is 13.2 Å². The van der Waals surface area contributed by atoms with Gasteiger partial charge in [0.2, 0.25) is 5.91 Å². The Hall–Kier alpha value is -0.270. The monoisotopic (exact) mass is 294 g/mol. The Balaban J connectivity index is 2.39. The molecule has 1 heterocycles. The second-order valence-corrected chi connectivity index (χ2v) is 7.74. The first-order valence-corrected chi connectivity index (χ1v) is 9.40. The van der Waals surface area contributed by atoms with Crippen molar-refractivity contribution in [1.29, 1.82) is 0 Å². The summed E-state index contributed by atoms with van der Waals surface area (Å²) in [7, 11) is -2.97. The Morgan fingerprint density at radius 1 is 1.56 bits per heavy atom. The van der Waals surface area contributed by atoms with Gasteiger partial charge >= 0.3 is 0 Å². The Kier molecular flexibility index (Phi) is 6.45. The molecule has 0 spiro atoms. The molecule has 1 saturated heterocycles. The second-order valence-electron chi connectivity index (χ2n) is 4.60. The van der Waals surface area contributed by atoms with Gasteiger partial charge in [-0.3, -0.25) is 4.79 Å². The number of rotatable bonds is 6. The molecule has 5 nitrogen and oxygen atoms in total. The Labute approximate surface area is 113 Å². The molecule has 2 atom stereocenters. The van der Waals surface area contributed by atoms with Gasteiger partial charge in [-0.1, -0.05) is 6.92 Å². The lowest BCUT2D eigenvalue weighted by atomic mass is 10.2. The van der Waals surface area contributed by atoms with Crippen molar-refractivity contribution >= 4 is 27.5 Å². The van der Waals surface area contributed by atoms with Crippen molar-refractivity contribution in [2.24, 2.45) is 0 Å². The third-order valence-electron chi connectivity index (χ3n) is 2.96. The minimum Gasteiger partial charge on any atom is -0.353 e. The van der Waals surface area contributed by atoms with E-state index in [2.05, 4.69) is 10.6 Å². The van der Waals surface area contributed by atoms with Gasteiger partial charge in [-0.05, 0) is 12.7 Å². The molecule has 0 aromatic carbocycles. The smallest absolute Gasteiger partial charge is 0.221 e. The number of carbonyl (C=O) groups excluding carboxylic acids is 1. The maximum Gasteiger partial charge on any atom is 0.221 e. The summed E-state index contributed by atoms with van der Waals surface area (Å²) in [6, 6.07) is -0.0665. The van der Waals surface area contributed by atoms with Crippen LogP contribution in [-0.2, 0) is 14.6 Å². The molecule has 2 unspecified atom stereocenters. The molecule has 0 aromatic rings. The van der Waals surface area contributed by atoms with Gasteiger partial charge in [-0.2, -0.15) is 11.8 Å². The fourth-order valence-electron chi connectivity index (χ4n) is 1.97. The number of nitrogens with one attached hydrogen (secondary N) is 2. The van der Waals surface area contributed by atoms with E-state index in [1.165, 1.54) is 0 Å². The number of carbonyl (C=O) groups is 1. The summed E-state index contributed by atoms with van der Waals surface area (Å²) in [4.78, 5) is 11.8. The molecular weight excluding hydrogens is 272 g/mol. The third-order valence-corrected chi connectivity index (χ3v) is 5.43. The summed E-state index contributed by atoms with van der Waals surface area (Å²) in [5.74, 6) is 1.07. The van der Waals surface area contributed by atoms with Crippen LogP contribution in [0.15, 0.2) is 0 Å². The molecule has 106 valence electrons. The first kappa shape index (κ1) is 15.8. The van der Waals surface area contributed by atoms with Gasteiger partial charge in [0.05, 0.1) is 11.5 Å². The second kappa shape index (κ2) is 7.35. The van der Waals surface area contributed by atoms with Crippen LogP contribution in [0.1, 0.15) is 19.8 Å². The van der Waals surface area contributed by atoms with Crippen LogP contribution in [0.3, 0.4) is 0 Å². The van der Waals surface area contributed by atoms with Crippen molar-refractivity contribution in [2.75, 3.05) is 30.1 Å². The van der Waals surface area contributed by atoms with Crippen LogP contribution >= 0.6 is 11.8 Å². The molecule has 0 aliphatic carbocycles. The summed E-state index contributed by atoms with van der Waals surface area (Å²) in [5, 5.41) is 6.03. The third kappa shape index (κ3) is 5.58. The van der Waals surface area contributed by atoms with Crippen LogP contribution in [-0.4, -0.2) is 56.5 Å². The van der Waals surface area contributed by atoms with Crippen LogP contribution in [0, 0.1) is 0 Å². The van der Waals surface area contributed by atoms with Gasteiger partial charge < -0.3 is 10.6 Å². The number of sulfone groups is 1. The van der Waals surface area contributed by atoms with Crippen LogP contribution in [0.4, 0.5) is 0 Å². The maximum atomic E-state index is 11.8. The van der Waals surface area contributed by atoms with Gasteiger partial charge in [-0.15, -0.1) is 0 Å². The normalized spacial score (nSPS) is 24.4. The van der Waals surface area contributed by atoms with E-state index in [0.717, 1.165) is 12.2 Å². The number of hydrogen-bond donors (Lipinski definition) is 2.